The minimum absolute atomic E-state index is 0.0674. The van der Waals surface area contributed by atoms with E-state index >= 15 is 0 Å². The Balaban J connectivity index is 1.47. The number of aryl methyl sites for hydroxylation is 1. The number of para-hydroxylation sites is 1. The Morgan fingerprint density at radius 1 is 1.11 bits per heavy atom. The topological polar surface area (TPSA) is 75.7 Å². The zero-order valence-corrected chi connectivity index (χ0v) is 15.7. The van der Waals surface area contributed by atoms with Gasteiger partial charge in [-0.3, -0.25) is 9.10 Å². The second-order valence-corrected chi connectivity index (χ2v) is 8.77. The fraction of sp³-hybridized carbons (Fsp3) is 0.350. The largest absolute Gasteiger partial charge is 0.484 e. The molecule has 0 spiro atoms. The second kappa shape index (κ2) is 7.23. The molecule has 2 aromatic carbocycles. The van der Waals surface area contributed by atoms with Gasteiger partial charge in [0.05, 0.1) is 10.6 Å². The summed E-state index contributed by atoms with van der Waals surface area (Å²) in [5.74, 6) is 0.318. The van der Waals surface area contributed by atoms with Crippen LogP contribution in [0.25, 0.3) is 0 Å². The van der Waals surface area contributed by atoms with Crippen LogP contribution in [0.5, 0.6) is 5.75 Å². The van der Waals surface area contributed by atoms with Crippen LogP contribution in [0.3, 0.4) is 0 Å². The van der Waals surface area contributed by atoms with Gasteiger partial charge in [-0.25, -0.2) is 8.42 Å². The first kappa shape index (κ1) is 17.9. The average molecular weight is 386 g/mol. The van der Waals surface area contributed by atoms with E-state index in [2.05, 4.69) is 5.32 Å². The lowest BCUT2D eigenvalue weighted by Gasteiger charge is -2.30. The fourth-order valence-corrected chi connectivity index (χ4v) is 4.77. The van der Waals surface area contributed by atoms with Gasteiger partial charge in [-0.2, -0.15) is 0 Å². The lowest BCUT2D eigenvalue weighted by molar-refractivity contribution is -0.123. The highest BCUT2D eigenvalue weighted by Crippen LogP contribution is 2.32. The van der Waals surface area contributed by atoms with E-state index < -0.39 is 10.0 Å². The van der Waals surface area contributed by atoms with E-state index in [-0.39, 0.29) is 17.4 Å². The first-order chi connectivity index (χ1) is 13.0. The quantitative estimate of drug-likeness (QED) is 0.828. The summed E-state index contributed by atoms with van der Waals surface area (Å²) < 4.78 is 33.1. The highest BCUT2D eigenvalue weighted by atomic mass is 32.2. The molecule has 2 aliphatic rings. The molecule has 142 valence electrons. The normalized spacial score (nSPS) is 16.5. The number of nitrogens with zero attached hydrogens (tertiary/aromatic N) is 1. The monoisotopic (exact) mass is 386 g/mol. The number of nitrogens with one attached hydrogen (secondary N) is 1. The van der Waals surface area contributed by atoms with Crippen LogP contribution in [0.2, 0.25) is 0 Å². The molecule has 6 nitrogen and oxygen atoms in total. The molecule has 1 aliphatic carbocycles. The Kier molecular flexibility index (Phi) is 4.78. The van der Waals surface area contributed by atoms with Crippen molar-refractivity contribution < 1.29 is 17.9 Å². The first-order valence-corrected chi connectivity index (χ1v) is 10.6. The van der Waals surface area contributed by atoms with Crippen molar-refractivity contribution in [2.45, 2.75) is 36.6 Å². The van der Waals surface area contributed by atoms with E-state index in [9.17, 15) is 13.2 Å². The number of anilines is 1. The van der Waals surface area contributed by atoms with E-state index in [1.165, 1.54) is 16.4 Å². The van der Waals surface area contributed by atoms with Crippen LogP contribution in [0.1, 0.15) is 24.8 Å². The molecule has 1 N–H and O–H groups in total. The van der Waals surface area contributed by atoms with Gasteiger partial charge >= 0.3 is 0 Å². The summed E-state index contributed by atoms with van der Waals surface area (Å²) in [6.45, 7) is 0.404. The van der Waals surface area contributed by atoms with Gasteiger partial charge in [0.15, 0.2) is 6.61 Å². The van der Waals surface area contributed by atoms with Crippen molar-refractivity contribution in [3.05, 3.63) is 54.1 Å². The van der Waals surface area contributed by atoms with Crippen molar-refractivity contribution in [2.75, 3.05) is 17.5 Å². The molecule has 0 aromatic heterocycles. The summed E-state index contributed by atoms with van der Waals surface area (Å²) in [4.78, 5) is 11.9. The Hall–Kier alpha value is -2.54. The summed E-state index contributed by atoms with van der Waals surface area (Å²) >= 11 is 0. The highest BCUT2D eigenvalue weighted by Gasteiger charge is 2.29. The summed E-state index contributed by atoms with van der Waals surface area (Å²) in [5.41, 5.74) is 1.80. The van der Waals surface area contributed by atoms with Crippen molar-refractivity contribution in [3.63, 3.8) is 0 Å². The third-order valence-electron chi connectivity index (χ3n) is 4.79. The van der Waals surface area contributed by atoms with Gasteiger partial charge in [0, 0.05) is 12.6 Å². The van der Waals surface area contributed by atoms with E-state index in [0.29, 0.717) is 18.3 Å². The third kappa shape index (κ3) is 3.93. The molecule has 2 aromatic rings. The van der Waals surface area contributed by atoms with E-state index in [1.807, 2.05) is 24.3 Å². The molecule has 1 amide bonds. The van der Waals surface area contributed by atoms with Gasteiger partial charge < -0.3 is 10.1 Å². The number of amides is 1. The summed E-state index contributed by atoms with van der Waals surface area (Å²) in [6, 6.07) is 14.1. The Morgan fingerprint density at radius 3 is 2.59 bits per heavy atom. The average Bonchev–Trinajstić information content (AvgIpc) is 3.50. The number of hydrogen-bond acceptors (Lipinski definition) is 4. The zero-order chi connectivity index (χ0) is 18.9. The maximum atomic E-state index is 13.1. The Bertz CT molecular complexity index is 937. The predicted octanol–water partition coefficient (Wildman–Crippen LogP) is 2.49. The molecule has 7 heteroatoms. The summed E-state index contributed by atoms with van der Waals surface area (Å²) in [7, 11) is -3.63. The SMILES string of the molecule is O=C(COc1ccc(S(=O)(=O)N2CCCc3ccccc32)cc1)NC1CC1. The number of carbonyl (C=O) groups is 1. The van der Waals surface area contributed by atoms with Crippen molar-refractivity contribution in [2.24, 2.45) is 0 Å². The number of hydrogen-bond donors (Lipinski definition) is 1. The molecular formula is C20H22N2O4S. The van der Waals surface area contributed by atoms with Gasteiger partial charge in [0.2, 0.25) is 0 Å². The molecule has 1 heterocycles. The zero-order valence-electron chi connectivity index (χ0n) is 14.9. The number of ether oxygens (including phenoxy) is 1. The fourth-order valence-electron chi connectivity index (χ4n) is 3.23. The lowest BCUT2D eigenvalue weighted by Crippen LogP contribution is -2.35. The molecule has 1 aliphatic heterocycles. The van der Waals surface area contributed by atoms with Crippen LogP contribution >= 0.6 is 0 Å². The van der Waals surface area contributed by atoms with Crippen LogP contribution in [-0.4, -0.2) is 33.5 Å². The number of sulfonamides is 1. The van der Waals surface area contributed by atoms with Gasteiger partial charge in [-0.1, -0.05) is 18.2 Å². The molecule has 27 heavy (non-hydrogen) atoms. The number of fused-ring (bicyclic) bond motifs is 1. The molecule has 4 rings (SSSR count). The third-order valence-corrected chi connectivity index (χ3v) is 6.62. The number of rotatable bonds is 6. The van der Waals surface area contributed by atoms with Crippen molar-refractivity contribution in [1.82, 2.24) is 5.32 Å². The Labute approximate surface area is 159 Å². The summed E-state index contributed by atoms with van der Waals surface area (Å²) in [5, 5.41) is 2.85. The van der Waals surface area contributed by atoms with Gasteiger partial charge in [-0.15, -0.1) is 0 Å². The maximum Gasteiger partial charge on any atom is 0.264 e. The van der Waals surface area contributed by atoms with Gasteiger partial charge in [0.25, 0.3) is 15.9 Å². The van der Waals surface area contributed by atoms with Crippen molar-refractivity contribution >= 4 is 21.6 Å². The molecule has 1 fully saturated rings. The minimum Gasteiger partial charge on any atom is -0.484 e. The smallest absolute Gasteiger partial charge is 0.264 e. The van der Waals surface area contributed by atoms with Gasteiger partial charge in [0.1, 0.15) is 5.75 Å². The van der Waals surface area contributed by atoms with Crippen LogP contribution in [0.15, 0.2) is 53.4 Å². The van der Waals surface area contributed by atoms with E-state index in [4.69, 9.17) is 4.74 Å². The minimum atomic E-state index is -3.63. The Morgan fingerprint density at radius 2 is 1.85 bits per heavy atom. The van der Waals surface area contributed by atoms with Crippen LogP contribution in [0, 0.1) is 0 Å². The number of benzene rings is 2. The molecular weight excluding hydrogens is 364 g/mol. The molecule has 0 saturated heterocycles. The lowest BCUT2D eigenvalue weighted by atomic mass is 10.0. The van der Waals surface area contributed by atoms with E-state index in [0.717, 1.165) is 36.9 Å². The molecule has 0 bridgehead atoms. The highest BCUT2D eigenvalue weighted by molar-refractivity contribution is 7.92. The maximum absolute atomic E-state index is 13.1. The summed E-state index contributed by atoms with van der Waals surface area (Å²) in [6.07, 6.45) is 3.74. The van der Waals surface area contributed by atoms with Gasteiger partial charge in [-0.05, 0) is 61.6 Å². The van der Waals surface area contributed by atoms with Crippen LogP contribution in [0.4, 0.5) is 5.69 Å². The predicted molar refractivity (Wildman–Crippen MR) is 102 cm³/mol. The van der Waals surface area contributed by atoms with Crippen molar-refractivity contribution in [3.8, 4) is 5.75 Å². The number of carbonyl (C=O) groups excluding carboxylic acids is 1. The molecule has 0 unspecified atom stereocenters. The molecule has 1 saturated carbocycles. The molecule has 0 radical (unpaired) electrons. The molecule has 0 atom stereocenters. The van der Waals surface area contributed by atoms with E-state index in [1.54, 1.807) is 12.1 Å². The van der Waals surface area contributed by atoms with Crippen LogP contribution in [-0.2, 0) is 21.2 Å². The first-order valence-electron chi connectivity index (χ1n) is 9.17. The van der Waals surface area contributed by atoms with Crippen LogP contribution < -0.4 is 14.4 Å². The van der Waals surface area contributed by atoms with Crippen molar-refractivity contribution in [1.29, 1.82) is 0 Å². The second-order valence-electron chi connectivity index (χ2n) is 6.91. The standard InChI is InChI=1S/C20H22N2O4S/c23-20(21-16-7-8-16)14-26-17-9-11-18(12-10-17)27(24,25)22-13-3-5-15-4-1-2-6-19(15)22/h1-2,4,6,9-12,16H,3,5,7-8,13-14H2,(H,21,23).